The third-order valence-electron chi connectivity index (χ3n) is 8.21. The zero-order valence-corrected chi connectivity index (χ0v) is 24.6. The molecule has 0 amide bonds. The van der Waals surface area contributed by atoms with E-state index in [1.807, 2.05) is 24.3 Å². The minimum atomic E-state index is 0.881. The first-order chi connectivity index (χ1) is 22.3. The highest BCUT2D eigenvalue weighted by atomic mass is 15.1. The first-order valence-corrected chi connectivity index (χ1v) is 15.2. The lowest BCUT2D eigenvalue weighted by Gasteiger charge is -2.26. The summed E-state index contributed by atoms with van der Waals surface area (Å²) in [6.07, 6.45) is 0. The minimum Gasteiger partial charge on any atom is -0.310 e. The SMILES string of the molecule is c1ccc(-c2nc3ccc4ccc(-c5cccc(N(c6ccccc6)c6ccccc6)c5)cc4c3nc2-c2ccccc2)cc1. The van der Waals surface area contributed by atoms with Gasteiger partial charge in [0, 0.05) is 33.6 Å². The van der Waals surface area contributed by atoms with Crippen LogP contribution in [0.15, 0.2) is 176 Å². The molecule has 212 valence electrons. The molecule has 0 aliphatic rings. The lowest BCUT2D eigenvalue weighted by Crippen LogP contribution is -2.09. The Labute approximate surface area is 262 Å². The fourth-order valence-corrected chi connectivity index (χ4v) is 6.04. The van der Waals surface area contributed by atoms with Crippen LogP contribution in [-0.4, -0.2) is 9.97 Å². The van der Waals surface area contributed by atoms with Gasteiger partial charge in [-0.25, -0.2) is 9.97 Å². The van der Waals surface area contributed by atoms with E-state index in [-0.39, 0.29) is 0 Å². The van der Waals surface area contributed by atoms with Crippen molar-refractivity contribution < 1.29 is 0 Å². The highest BCUT2D eigenvalue weighted by molar-refractivity contribution is 6.07. The van der Waals surface area contributed by atoms with Gasteiger partial charge in [-0.05, 0) is 65.0 Å². The van der Waals surface area contributed by atoms with Crippen molar-refractivity contribution >= 4 is 38.9 Å². The number of para-hydroxylation sites is 2. The summed E-state index contributed by atoms with van der Waals surface area (Å²) >= 11 is 0. The van der Waals surface area contributed by atoms with Gasteiger partial charge >= 0.3 is 0 Å². The molecule has 0 unspecified atom stereocenters. The molecule has 3 heteroatoms. The van der Waals surface area contributed by atoms with Crippen LogP contribution in [0.4, 0.5) is 17.1 Å². The van der Waals surface area contributed by atoms with Gasteiger partial charge in [-0.15, -0.1) is 0 Å². The molecule has 8 aromatic rings. The largest absolute Gasteiger partial charge is 0.310 e. The zero-order valence-electron chi connectivity index (χ0n) is 24.6. The highest BCUT2D eigenvalue weighted by Crippen LogP contribution is 2.38. The van der Waals surface area contributed by atoms with Gasteiger partial charge < -0.3 is 4.90 Å². The first-order valence-electron chi connectivity index (χ1n) is 15.2. The Morgan fingerprint density at radius 1 is 0.356 bits per heavy atom. The second kappa shape index (κ2) is 11.6. The van der Waals surface area contributed by atoms with Crippen molar-refractivity contribution in [3.8, 4) is 33.6 Å². The third-order valence-corrected chi connectivity index (χ3v) is 8.21. The van der Waals surface area contributed by atoms with Crippen LogP contribution in [0.25, 0.3) is 55.4 Å². The molecule has 0 radical (unpaired) electrons. The van der Waals surface area contributed by atoms with Crippen molar-refractivity contribution in [2.24, 2.45) is 0 Å². The van der Waals surface area contributed by atoms with Crippen molar-refractivity contribution in [1.82, 2.24) is 9.97 Å². The normalized spacial score (nSPS) is 11.1. The molecule has 0 bridgehead atoms. The Morgan fingerprint density at radius 2 is 0.844 bits per heavy atom. The number of hydrogen-bond acceptors (Lipinski definition) is 3. The molecular formula is C42H29N3. The van der Waals surface area contributed by atoms with Crippen molar-refractivity contribution in [3.05, 3.63) is 176 Å². The quantitative estimate of drug-likeness (QED) is 0.185. The summed E-state index contributed by atoms with van der Waals surface area (Å²) in [5.74, 6) is 0. The van der Waals surface area contributed by atoms with Gasteiger partial charge in [0.15, 0.2) is 0 Å². The lowest BCUT2D eigenvalue weighted by molar-refractivity contribution is 1.28. The van der Waals surface area contributed by atoms with Gasteiger partial charge in [0.25, 0.3) is 0 Å². The Balaban J connectivity index is 1.29. The Hall–Kier alpha value is -6.06. The van der Waals surface area contributed by atoms with Crippen LogP contribution in [-0.2, 0) is 0 Å². The van der Waals surface area contributed by atoms with Crippen molar-refractivity contribution in [1.29, 1.82) is 0 Å². The van der Waals surface area contributed by atoms with E-state index in [9.17, 15) is 0 Å². The first kappa shape index (κ1) is 26.6. The number of nitrogens with zero attached hydrogens (tertiary/aromatic N) is 3. The number of anilines is 3. The van der Waals surface area contributed by atoms with Crippen molar-refractivity contribution in [2.75, 3.05) is 4.90 Å². The van der Waals surface area contributed by atoms with E-state index in [4.69, 9.17) is 9.97 Å². The Bertz CT molecular complexity index is 2210. The van der Waals surface area contributed by atoms with Gasteiger partial charge in [0.2, 0.25) is 0 Å². The summed E-state index contributed by atoms with van der Waals surface area (Å²) in [4.78, 5) is 12.8. The van der Waals surface area contributed by atoms with Gasteiger partial charge in [-0.3, -0.25) is 0 Å². The fourth-order valence-electron chi connectivity index (χ4n) is 6.04. The topological polar surface area (TPSA) is 29.0 Å². The number of rotatable bonds is 6. The molecular weight excluding hydrogens is 546 g/mol. The molecule has 0 saturated heterocycles. The van der Waals surface area contributed by atoms with E-state index in [1.165, 1.54) is 0 Å². The van der Waals surface area contributed by atoms with E-state index in [0.29, 0.717) is 0 Å². The van der Waals surface area contributed by atoms with Crippen LogP contribution in [0.2, 0.25) is 0 Å². The number of benzene rings is 7. The number of hydrogen-bond donors (Lipinski definition) is 0. The maximum absolute atomic E-state index is 5.34. The molecule has 0 spiro atoms. The van der Waals surface area contributed by atoms with Gasteiger partial charge in [0.05, 0.1) is 22.4 Å². The average molecular weight is 576 g/mol. The summed E-state index contributed by atoms with van der Waals surface area (Å²) in [6.45, 7) is 0. The van der Waals surface area contributed by atoms with Crippen LogP contribution in [0, 0.1) is 0 Å². The van der Waals surface area contributed by atoms with Crippen LogP contribution in [0.5, 0.6) is 0 Å². The summed E-state index contributed by atoms with van der Waals surface area (Å²) in [6, 6.07) is 61.3. The highest BCUT2D eigenvalue weighted by Gasteiger charge is 2.16. The van der Waals surface area contributed by atoms with Crippen LogP contribution >= 0.6 is 0 Å². The molecule has 0 N–H and O–H groups in total. The molecule has 1 heterocycles. The van der Waals surface area contributed by atoms with Crippen molar-refractivity contribution in [2.45, 2.75) is 0 Å². The minimum absolute atomic E-state index is 0.881. The summed E-state index contributed by atoms with van der Waals surface area (Å²) in [5, 5.41) is 2.22. The monoisotopic (exact) mass is 575 g/mol. The maximum atomic E-state index is 5.34. The number of fused-ring (bicyclic) bond motifs is 3. The number of aromatic nitrogens is 2. The molecule has 0 fully saturated rings. The summed E-state index contributed by atoms with van der Waals surface area (Å²) in [5.41, 5.74) is 11.3. The molecule has 1 aromatic heterocycles. The van der Waals surface area contributed by atoms with Gasteiger partial charge in [0.1, 0.15) is 0 Å². The van der Waals surface area contributed by atoms with Gasteiger partial charge in [-0.1, -0.05) is 127 Å². The zero-order chi connectivity index (χ0) is 30.0. The second-order valence-corrected chi connectivity index (χ2v) is 11.1. The Kier molecular flexibility index (Phi) is 6.82. The molecule has 0 atom stereocenters. The smallest absolute Gasteiger partial charge is 0.0973 e. The molecule has 8 rings (SSSR count). The molecule has 0 aliphatic carbocycles. The second-order valence-electron chi connectivity index (χ2n) is 11.1. The average Bonchev–Trinajstić information content (AvgIpc) is 3.13. The predicted molar refractivity (Wildman–Crippen MR) is 188 cm³/mol. The van der Waals surface area contributed by atoms with Crippen molar-refractivity contribution in [3.63, 3.8) is 0 Å². The summed E-state index contributed by atoms with van der Waals surface area (Å²) in [7, 11) is 0. The summed E-state index contributed by atoms with van der Waals surface area (Å²) < 4.78 is 0. The van der Waals surface area contributed by atoms with Gasteiger partial charge in [-0.2, -0.15) is 0 Å². The van der Waals surface area contributed by atoms with E-state index in [0.717, 1.165) is 72.5 Å². The van der Waals surface area contributed by atoms with E-state index in [2.05, 4.69) is 157 Å². The molecule has 45 heavy (non-hydrogen) atoms. The molecule has 0 aliphatic heterocycles. The predicted octanol–water partition coefficient (Wildman–Crippen LogP) is 11.3. The lowest BCUT2D eigenvalue weighted by atomic mass is 9.98. The van der Waals surface area contributed by atoms with Crippen LogP contribution in [0.1, 0.15) is 0 Å². The van der Waals surface area contributed by atoms with E-state index < -0.39 is 0 Å². The van der Waals surface area contributed by atoms with Crippen LogP contribution < -0.4 is 4.90 Å². The maximum Gasteiger partial charge on any atom is 0.0973 e. The van der Waals surface area contributed by atoms with E-state index >= 15 is 0 Å². The molecule has 0 saturated carbocycles. The Morgan fingerprint density at radius 3 is 1.47 bits per heavy atom. The standard InChI is InChI=1S/C42H29N3/c1-5-14-31(15-6-1)40-41(32-16-7-2-8-17-32)44-42-38-29-34(25-24-30(38)26-27-39(42)43-40)33-18-13-23-37(28-33)45(35-19-9-3-10-20-35)36-21-11-4-12-22-36/h1-29H. The third kappa shape index (κ3) is 5.11. The molecule has 7 aromatic carbocycles. The van der Waals surface area contributed by atoms with E-state index in [1.54, 1.807) is 0 Å². The fraction of sp³-hybridized carbons (Fsp3) is 0. The van der Waals surface area contributed by atoms with Crippen LogP contribution in [0.3, 0.4) is 0 Å². The molecule has 3 nitrogen and oxygen atoms in total.